The van der Waals surface area contributed by atoms with Crippen molar-refractivity contribution in [2.45, 2.75) is 19.6 Å². The van der Waals surface area contributed by atoms with Gasteiger partial charge in [0.1, 0.15) is 12.1 Å². The number of halogens is 4. The summed E-state index contributed by atoms with van der Waals surface area (Å²) in [6.45, 7) is 1.37. The molecule has 0 radical (unpaired) electrons. The van der Waals surface area contributed by atoms with Crippen molar-refractivity contribution in [1.29, 1.82) is 0 Å². The summed E-state index contributed by atoms with van der Waals surface area (Å²) in [7, 11) is 0. The number of hydrogen-bond acceptors (Lipinski definition) is 2. The minimum absolute atomic E-state index is 0.479. The predicted octanol–water partition coefficient (Wildman–Crippen LogP) is 3.58. The number of carbonyl (C=O) groups excluding carboxylic acids is 1. The number of benzene rings is 1. The predicted molar refractivity (Wildman–Crippen MR) is 83.2 cm³/mol. The van der Waals surface area contributed by atoms with E-state index in [1.807, 2.05) is 6.92 Å². The van der Waals surface area contributed by atoms with E-state index in [0.717, 1.165) is 26.9 Å². The molecule has 0 bridgehead atoms. The Labute approximate surface area is 138 Å². The zero-order chi connectivity index (χ0) is 17.2. The Kier molecular flexibility index (Phi) is 4.93. The molecule has 8 heteroatoms. The number of aromatic nitrogens is 1. The number of rotatable bonds is 3. The molecule has 1 N–H and O–H groups in total. The first-order valence-electron chi connectivity index (χ1n) is 6.51. The minimum Gasteiger partial charge on any atom is -0.324 e. The third-order valence-electron chi connectivity index (χ3n) is 3.10. The summed E-state index contributed by atoms with van der Waals surface area (Å²) >= 11 is 3.31. The largest absolute Gasteiger partial charge is 0.421 e. The first-order chi connectivity index (χ1) is 10.7. The van der Waals surface area contributed by atoms with Crippen LogP contribution in [0.4, 0.5) is 18.9 Å². The van der Waals surface area contributed by atoms with Crippen LogP contribution in [-0.4, -0.2) is 10.5 Å². The van der Waals surface area contributed by atoms with Gasteiger partial charge in [-0.25, -0.2) is 0 Å². The van der Waals surface area contributed by atoms with E-state index in [9.17, 15) is 22.8 Å². The van der Waals surface area contributed by atoms with Crippen LogP contribution in [0.5, 0.6) is 0 Å². The molecule has 1 aromatic carbocycles. The van der Waals surface area contributed by atoms with Crippen LogP contribution in [0, 0.1) is 6.92 Å². The number of nitrogens with one attached hydrogen (secondary N) is 1. The molecule has 0 saturated carbocycles. The molecule has 2 aromatic rings. The second kappa shape index (κ2) is 6.57. The van der Waals surface area contributed by atoms with Crippen molar-refractivity contribution in [2.24, 2.45) is 0 Å². The van der Waals surface area contributed by atoms with Crippen molar-refractivity contribution in [1.82, 2.24) is 4.57 Å². The van der Waals surface area contributed by atoms with Gasteiger partial charge in [-0.2, -0.15) is 13.2 Å². The molecule has 23 heavy (non-hydrogen) atoms. The zero-order valence-corrected chi connectivity index (χ0v) is 13.5. The number of nitrogens with zero attached hydrogens (tertiary/aromatic N) is 1. The van der Waals surface area contributed by atoms with Gasteiger partial charge < -0.3 is 9.88 Å². The van der Waals surface area contributed by atoms with E-state index in [0.29, 0.717) is 11.8 Å². The number of pyridine rings is 1. The lowest BCUT2D eigenvalue weighted by Crippen LogP contribution is -2.31. The molecule has 0 aliphatic carbocycles. The lowest BCUT2D eigenvalue weighted by molar-refractivity contribution is -0.139. The summed E-state index contributed by atoms with van der Waals surface area (Å²) < 4.78 is 39.5. The molecular weight excluding hydrogens is 377 g/mol. The highest BCUT2D eigenvalue weighted by atomic mass is 79.9. The highest BCUT2D eigenvalue weighted by Crippen LogP contribution is 2.26. The van der Waals surface area contributed by atoms with Crippen molar-refractivity contribution in [2.75, 3.05) is 5.32 Å². The third kappa shape index (κ3) is 4.22. The van der Waals surface area contributed by atoms with Crippen molar-refractivity contribution in [3.63, 3.8) is 0 Å². The number of aryl methyl sites for hydroxylation is 1. The van der Waals surface area contributed by atoms with Crippen molar-refractivity contribution in [3.8, 4) is 0 Å². The van der Waals surface area contributed by atoms with Gasteiger partial charge in [-0.3, -0.25) is 9.59 Å². The van der Waals surface area contributed by atoms with Gasteiger partial charge in [0.25, 0.3) is 5.56 Å². The van der Waals surface area contributed by atoms with Crippen LogP contribution in [-0.2, 0) is 17.5 Å². The number of carbonyl (C=O) groups is 1. The van der Waals surface area contributed by atoms with Crippen LogP contribution < -0.4 is 10.9 Å². The quantitative estimate of drug-likeness (QED) is 0.873. The van der Waals surface area contributed by atoms with Crippen molar-refractivity contribution < 1.29 is 18.0 Å². The molecule has 0 unspecified atom stereocenters. The third-order valence-corrected chi connectivity index (χ3v) is 3.95. The van der Waals surface area contributed by atoms with E-state index in [1.54, 1.807) is 18.2 Å². The van der Waals surface area contributed by atoms with Gasteiger partial charge in [0.05, 0.1) is 0 Å². The fourth-order valence-corrected chi connectivity index (χ4v) is 2.28. The molecule has 122 valence electrons. The molecule has 2 rings (SSSR count). The zero-order valence-electron chi connectivity index (χ0n) is 11.9. The highest BCUT2D eigenvalue weighted by molar-refractivity contribution is 9.10. The van der Waals surface area contributed by atoms with E-state index < -0.39 is 29.8 Å². The smallest absolute Gasteiger partial charge is 0.324 e. The molecular formula is C15H12BrF3N2O2. The van der Waals surface area contributed by atoms with E-state index in [1.165, 1.54) is 0 Å². The van der Waals surface area contributed by atoms with Crippen molar-refractivity contribution in [3.05, 3.63) is 62.5 Å². The molecule has 0 saturated heterocycles. The molecule has 1 heterocycles. The van der Waals surface area contributed by atoms with Crippen LogP contribution in [0.15, 0.2) is 45.8 Å². The maximum absolute atomic E-state index is 12.7. The normalized spacial score (nSPS) is 11.3. The van der Waals surface area contributed by atoms with Gasteiger partial charge >= 0.3 is 6.18 Å². The van der Waals surface area contributed by atoms with Gasteiger partial charge in [0.2, 0.25) is 5.91 Å². The van der Waals surface area contributed by atoms with Gasteiger partial charge in [-0.05, 0) is 36.8 Å². The Morgan fingerprint density at radius 3 is 2.61 bits per heavy atom. The summed E-state index contributed by atoms with van der Waals surface area (Å²) in [4.78, 5) is 23.7. The first-order valence-corrected chi connectivity index (χ1v) is 7.30. The molecule has 1 amide bonds. The maximum Gasteiger partial charge on any atom is 0.421 e. The average molecular weight is 389 g/mol. The van der Waals surface area contributed by atoms with E-state index in [4.69, 9.17) is 0 Å². The van der Waals surface area contributed by atoms with Crippen LogP contribution in [0.1, 0.15) is 11.1 Å². The topological polar surface area (TPSA) is 51.1 Å². The Bertz CT molecular complexity index is 800. The molecule has 1 aromatic heterocycles. The van der Waals surface area contributed by atoms with Crippen LogP contribution in [0.2, 0.25) is 0 Å². The highest BCUT2D eigenvalue weighted by Gasteiger charge is 2.34. The van der Waals surface area contributed by atoms with Crippen molar-refractivity contribution >= 4 is 27.5 Å². The van der Waals surface area contributed by atoms with Crippen LogP contribution in [0.3, 0.4) is 0 Å². The van der Waals surface area contributed by atoms with E-state index in [2.05, 4.69) is 21.2 Å². The second-order valence-electron chi connectivity index (χ2n) is 4.86. The first kappa shape index (κ1) is 17.3. The minimum atomic E-state index is -4.75. The molecule has 0 spiro atoms. The summed E-state index contributed by atoms with van der Waals surface area (Å²) in [5.74, 6) is -0.595. The SMILES string of the molecule is Cc1ccc(NC(=O)Cn2cccc(C(F)(F)F)c2=O)cc1Br. The fraction of sp³-hybridized carbons (Fsp3) is 0.200. The molecule has 0 aliphatic heterocycles. The second-order valence-corrected chi connectivity index (χ2v) is 5.72. The number of amides is 1. The van der Waals surface area contributed by atoms with Gasteiger partial charge in [-0.15, -0.1) is 0 Å². The van der Waals surface area contributed by atoms with E-state index >= 15 is 0 Å². The Morgan fingerprint density at radius 2 is 2.00 bits per heavy atom. The summed E-state index contributed by atoms with van der Waals surface area (Å²) in [6, 6.07) is 6.87. The Hall–Kier alpha value is -2.09. The fourth-order valence-electron chi connectivity index (χ4n) is 1.90. The lowest BCUT2D eigenvalue weighted by Gasteiger charge is -2.11. The Morgan fingerprint density at radius 1 is 1.30 bits per heavy atom. The molecule has 4 nitrogen and oxygen atoms in total. The average Bonchev–Trinajstić information content (AvgIpc) is 2.44. The summed E-state index contributed by atoms with van der Waals surface area (Å²) in [5, 5.41) is 2.53. The number of alkyl halides is 3. The standard InChI is InChI=1S/C15H12BrF3N2O2/c1-9-4-5-10(7-12(9)16)20-13(22)8-21-6-2-3-11(14(21)23)15(17,18)19/h2-7H,8H2,1H3,(H,20,22). The molecule has 0 aliphatic rings. The van der Waals surface area contributed by atoms with Gasteiger partial charge in [0.15, 0.2) is 0 Å². The monoisotopic (exact) mass is 388 g/mol. The molecule has 0 atom stereocenters. The van der Waals surface area contributed by atoms with Gasteiger partial charge in [0, 0.05) is 16.4 Å². The van der Waals surface area contributed by atoms with Crippen LogP contribution >= 0.6 is 15.9 Å². The lowest BCUT2D eigenvalue weighted by atomic mass is 10.2. The maximum atomic E-state index is 12.7. The van der Waals surface area contributed by atoms with Crippen LogP contribution in [0.25, 0.3) is 0 Å². The number of anilines is 1. The Balaban J connectivity index is 2.18. The van der Waals surface area contributed by atoms with E-state index in [-0.39, 0.29) is 0 Å². The number of hydrogen-bond donors (Lipinski definition) is 1. The van der Waals surface area contributed by atoms with Gasteiger partial charge in [-0.1, -0.05) is 22.0 Å². The summed E-state index contributed by atoms with van der Waals surface area (Å²) in [5.41, 5.74) is -1.10. The summed E-state index contributed by atoms with van der Waals surface area (Å²) in [6.07, 6.45) is -3.61. The molecule has 0 fully saturated rings.